The Kier molecular flexibility index (Phi) is 3.58. The molecule has 0 amide bonds. The molecule has 0 saturated carbocycles. The van der Waals surface area contributed by atoms with Crippen LogP contribution in [-0.2, 0) is 13.2 Å². The van der Waals surface area contributed by atoms with Gasteiger partial charge in [0.25, 0.3) is 0 Å². The number of benzene rings is 1. The molecule has 4 nitrogen and oxygen atoms in total. The second-order valence-electron chi connectivity index (χ2n) is 4.74. The van der Waals surface area contributed by atoms with Crippen molar-refractivity contribution in [1.82, 2.24) is 9.38 Å². The van der Waals surface area contributed by atoms with Crippen LogP contribution >= 0.6 is 0 Å². The van der Waals surface area contributed by atoms with Gasteiger partial charge in [0.2, 0.25) is 0 Å². The summed E-state index contributed by atoms with van der Waals surface area (Å²) in [7, 11) is 0. The Labute approximate surface area is 121 Å². The van der Waals surface area contributed by atoms with Crippen LogP contribution < -0.4 is 4.74 Å². The molecule has 21 heavy (non-hydrogen) atoms. The number of aryl methyl sites for hydroxylation is 1. The zero-order valence-electron chi connectivity index (χ0n) is 11.6. The Hall–Kier alpha value is -2.40. The van der Waals surface area contributed by atoms with E-state index in [0.29, 0.717) is 17.1 Å². The molecule has 2 heterocycles. The maximum absolute atomic E-state index is 13.6. The van der Waals surface area contributed by atoms with Gasteiger partial charge >= 0.3 is 0 Å². The number of hydrogen-bond donors (Lipinski definition) is 1. The Morgan fingerprint density at radius 1 is 1.24 bits per heavy atom. The van der Waals surface area contributed by atoms with E-state index in [0.717, 1.165) is 11.2 Å². The fraction of sp³-hybridized carbons (Fsp3) is 0.188. The zero-order chi connectivity index (χ0) is 14.8. The lowest BCUT2D eigenvalue weighted by Crippen LogP contribution is -2.00. The number of pyridine rings is 1. The summed E-state index contributed by atoms with van der Waals surface area (Å²) in [6.07, 6.45) is 1.82. The molecule has 3 rings (SSSR count). The average molecular weight is 286 g/mol. The maximum Gasteiger partial charge on any atom is 0.145 e. The van der Waals surface area contributed by atoms with Crippen molar-refractivity contribution in [2.24, 2.45) is 0 Å². The van der Waals surface area contributed by atoms with Gasteiger partial charge in [0.05, 0.1) is 5.69 Å². The van der Waals surface area contributed by atoms with Gasteiger partial charge < -0.3 is 9.84 Å². The van der Waals surface area contributed by atoms with Crippen LogP contribution in [-0.4, -0.2) is 14.5 Å². The van der Waals surface area contributed by atoms with Crippen molar-refractivity contribution in [2.45, 2.75) is 20.1 Å². The summed E-state index contributed by atoms with van der Waals surface area (Å²) in [5.74, 6) is 0.884. The smallest absolute Gasteiger partial charge is 0.145 e. The first-order chi connectivity index (χ1) is 10.2. The Balaban J connectivity index is 1.94. The monoisotopic (exact) mass is 286 g/mol. The van der Waals surface area contributed by atoms with Crippen molar-refractivity contribution < 1.29 is 14.2 Å². The number of ether oxygens (including phenoxy) is 1. The first-order valence-electron chi connectivity index (χ1n) is 6.64. The van der Waals surface area contributed by atoms with Gasteiger partial charge in [-0.25, -0.2) is 9.37 Å². The highest BCUT2D eigenvalue weighted by Gasteiger charge is 2.12. The lowest BCUT2D eigenvalue weighted by Gasteiger charge is -2.09. The number of fused-ring (bicyclic) bond motifs is 1. The number of imidazole rings is 1. The number of aromatic nitrogens is 2. The third-order valence-electron chi connectivity index (χ3n) is 3.36. The molecule has 0 aliphatic heterocycles. The van der Waals surface area contributed by atoms with Crippen LogP contribution in [0.25, 0.3) is 5.52 Å². The van der Waals surface area contributed by atoms with Crippen molar-refractivity contribution >= 4 is 5.52 Å². The van der Waals surface area contributed by atoms with E-state index in [4.69, 9.17) is 4.74 Å². The van der Waals surface area contributed by atoms with E-state index in [-0.39, 0.29) is 19.0 Å². The van der Waals surface area contributed by atoms with Crippen molar-refractivity contribution in [3.05, 3.63) is 65.5 Å². The van der Waals surface area contributed by atoms with Crippen molar-refractivity contribution in [3.63, 3.8) is 0 Å². The molecule has 3 aromatic rings. The van der Waals surface area contributed by atoms with Gasteiger partial charge in [-0.3, -0.25) is 4.40 Å². The molecule has 0 atom stereocenters. The maximum atomic E-state index is 13.6. The third-order valence-corrected chi connectivity index (χ3v) is 3.36. The second-order valence-corrected chi connectivity index (χ2v) is 4.74. The predicted molar refractivity (Wildman–Crippen MR) is 76.6 cm³/mol. The standard InChI is InChI=1S/C16H15FN2O2/c1-11-16-14(7-4-8-19(16)15(9-20)18-11)21-10-12-5-2-3-6-13(12)17/h2-8,20H,9-10H2,1H3. The minimum absolute atomic E-state index is 0.144. The molecule has 0 radical (unpaired) electrons. The van der Waals surface area contributed by atoms with Crippen LogP contribution in [0, 0.1) is 12.7 Å². The number of nitrogens with zero attached hydrogens (tertiary/aromatic N) is 2. The summed E-state index contributed by atoms with van der Waals surface area (Å²) in [5, 5.41) is 9.31. The molecule has 2 aromatic heterocycles. The van der Waals surface area contributed by atoms with Crippen molar-refractivity contribution in [2.75, 3.05) is 0 Å². The van der Waals surface area contributed by atoms with E-state index in [1.54, 1.807) is 22.6 Å². The molecule has 0 bridgehead atoms. The van der Waals surface area contributed by atoms with Gasteiger partial charge in [0.1, 0.15) is 36.1 Å². The van der Waals surface area contributed by atoms with E-state index in [9.17, 15) is 9.50 Å². The minimum atomic E-state index is -0.286. The van der Waals surface area contributed by atoms with Gasteiger partial charge in [0.15, 0.2) is 0 Å². The van der Waals surface area contributed by atoms with Crippen molar-refractivity contribution in [1.29, 1.82) is 0 Å². The van der Waals surface area contributed by atoms with E-state index in [1.165, 1.54) is 6.07 Å². The molecule has 1 N–H and O–H groups in total. The Morgan fingerprint density at radius 3 is 2.81 bits per heavy atom. The normalized spacial score (nSPS) is 11.0. The highest BCUT2D eigenvalue weighted by atomic mass is 19.1. The van der Waals surface area contributed by atoms with Gasteiger partial charge in [-0.15, -0.1) is 0 Å². The van der Waals surface area contributed by atoms with Crippen LogP contribution in [0.15, 0.2) is 42.6 Å². The molecular formula is C16H15FN2O2. The Morgan fingerprint density at radius 2 is 2.05 bits per heavy atom. The van der Waals surface area contributed by atoms with E-state index in [1.807, 2.05) is 25.3 Å². The molecule has 0 aliphatic rings. The summed E-state index contributed by atoms with van der Waals surface area (Å²) in [6.45, 7) is 1.85. The topological polar surface area (TPSA) is 46.8 Å². The van der Waals surface area contributed by atoms with Crippen LogP contribution in [0.3, 0.4) is 0 Å². The molecule has 0 saturated heterocycles. The fourth-order valence-electron chi connectivity index (χ4n) is 2.36. The number of rotatable bonds is 4. The van der Waals surface area contributed by atoms with Gasteiger partial charge in [0, 0.05) is 11.8 Å². The molecule has 0 unspecified atom stereocenters. The van der Waals surface area contributed by atoms with Crippen LogP contribution in [0.5, 0.6) is 5.75 Å². The summed E-state index contributed by atoms with van der Waals surface area (Å²) in [5.41, 5.74) is 2.06. The first kappa shape index (κ1) is 13.6. The first-order valence-corrected chi connectivity index (χ1v) is 6.64. The molecular weight excluding hydrogens is 271 g/mol. The summed E-state index contributed by atoms with van der Waals surface area (Å²) >= 11 is 0. The molecule has 108 valence electrons. The number of aliphatic hydroxyl groups is 1. The lowest BCUT2D eigenvalue weighted by atomic mass is 10.2. The fourth-order valence-corrected chi connectivity index (χ4v) is 2.36. The highest BCUT2D eigenvalue weighted by molar-refractivity contribution is 5.64. The zero-order valence-corrected chi connectivity index (χ0v) is 11.6. The molecule has 0 fully saturated rings. The highest BCUT2D eigenvalue weighted by Crippen LogP contribution is 2.25. The SMILES string of the molecule is Cc1nc(CO)n2cccc(OCc3ccccc3F)c12. The van der Waals surface area contributed by atoms with Gasteiger partial charge in [-0.2, -0.15) is 0 Å². The largest absolute Gasteiger partial charge is 0.487 e. The number of halogens is 1. The minimum Gasteiger partial charge on any atom is -0.487 e. The quantitative estimate of drug-likeness (QED) is 0.802. The summed E-state index contributed by atoms with van der Waals surface area (Å²) < 4.78 is 21.1. The predicted octanol–water partition coefficient (Wildman–Crippen LogP) is 2.85. The van der Waals surface area contributed by atoms with Crippen LogP contribution in [0.1, 0.15) is 17.1 Å². The van der Waals surface area contributed by atoms with E-state index < -0.39 is 0 Å². The van der Waals surface area contributed by atoms with Crippen LogP contribution in [0.2, 0.25) is 0 Å². The van der Waals surface area contributed by atoms with E-state index in [2.05, 4.69) is 4.98 Å². The Bertz CT molecular complexity index is 783. The lowest BCUT2D eigenvalue weighted by molar-refractivity contribution is 0.270. The van der Waals surface area contributed by atoms with E-state index >= 15 is 0 Å². The molecule has 1 aromatic carbocycles. The number of hydrogen-bond acceptors (Lipinski definition) is 3. The van der Waals surface area contributed by atoms with Crippen LogP contribution in [0.4, 0.5) is 4.39 Å². The van der Waals surface area contributed by atoms with Crippen molar-refractivity contribution in [3.8, 4) is 5.75 Å². The summed E-state index contributed by atoms with van der Waals surface area (Å²) in [6, 6.07) is 10.1. The molecule has 0 spiro atoms. The molecule has 0 aliphatic carbocycles. The van der Waals surface area contributed by atoms with Gasteiger partial charge in [-0.05, 0) is 25.1 Å². The second kappa shape index (κ2) is 5.54. The summed E-state index contributed by atoms with van der Waals surface area (Å²) in [4.78, 5) is 4.30. The number of aliphatic hydroxyl groups excluding tert-OH is 1. The molecule has 5 heteroatoms. The third kappa shape index (κ3) is 2.48. The average Bonchev–Trinajstić information content (AvgIpc) is 2.84. The van der Waals surface area contributed by atoms with Gasteiger partial charge in [-0.1, -0.05) is 18.2 Å².